The van der Waals surface area contributed by atoms with Crippen molar-refractivity contribution in [1.82, 2.24) is 25.6 Å². The van der Waals surface area contributed by atoms with Crippen molar-refractivity contribution in [2.45, 2.75) is 46.1 Å². The molecule has 0 fully saturated rings. The first-order valence-electron chi connectivity index (χ1n) is 10.7. The zero-order valence-electron chi connectivity index (χ0n) is 19.0. The quantitative estimate of drug-likeness (QED) is 0.282. The minimum absolute atomic E-state index is 0.326. The minimum atomic E-state index is 0.326. The summed E-state index contributed by atoms with van der Waals surface area (Å²) in [5.41, 5.74) is 10.2. The summed E-state index contributed by atoms with van der Waals surface area (Å²) in [7, 11) is 1.72. The van der Waals surface area contributed by atoms with Crippen LogP contribution < -0.4 is 16.4 Å². The van der Waals surface area contributed by atoms with E-state index < -0.39 is 0 Å². The lowest BCUT2D eigenvalue weighted by Gasteiger charge is -2.10. The van der Waals surface area contributed by atoms with E-state index >= 15 is 0 Å². The number of benzene rings is 1. The summed E-state index contributed by atoms with van der Waals surface area (Å²) in [6, 6.07) is 12.0. The maximum atomic E-state index is 9.56. The van der Waals surface area contributed by atoms with Crippen molar-refractivity contribution in [3.8, 4) is 11.8 Å². The molecule has 0 bridgehead atoms. The Labute approximate surface area is 188 Å². The smallest absolute Gasteiger partial charge is 0.191 e. The lowest BCUT2D eigenvalue weighted by Crippen LogP contribution is -2.37. The van der Waals surface area contributed by atoms with Crippen molar-refractivity contribution >= 4 is 11.8 Å². The first-order valence-corrected chi connectivity index (χ1v) is 10.7. The van der Waals surface area contributed by atoms with Gasteiger partial charge in [-0.25, -0.2) is 4.68 Å². The van der Waals surface area contributed by atoms with Gasteiger partial charge in [0.05, 0.1) is 23.6 Å². The Morgan fingerprint density at radius 2 is 2.03 bits per heavy atom. The second-order valence-electron chi connectivity index (χ2n) is 7.89. The Kier molecular flexibility index (Phi) is 7.49. The maximum Gasteiger partial charge on any atom is 0.191 e. The van der Waals surface area contributed by atoms with Crippen LogP contribution in [-0.2, 0) is 13.0 Å². The van der Waals surface area contributed by atoms with Crippen LogP contribution in [0.15, 0.2) is 39.8 Å². The van der Waals surface area contributed by atoms with Crippen LogP contribution in [0.4, 0.5) is 5.82 Å². The molecule has 0 aliphatic heterocycles. The molecule has 0 atom stereocenters. The summed E-state index contributed by atoms with van der Waals surface area (Å²) < 4.78 is 6.97. The summed E-state index contributed by atoms with van der Waals surface area (Å²) in [5.74, 6) is 2.11. The Balaban J connectivity index is 1.53. The van der Waals surface area contributed by atoms with Crippen molar-refractivity contribution in [2.75, 3.05) is 19.3 Å². The molecule has 2 heterocycles. The van der Waals surface area contributed by atoms with Gasteiger partial charge in [0.2, 0.25) is 0 Å². The predicted molar refractivity (Wildman–Crippen MR) is 125 cm³/mol. The van der Waals surface area contributed by atoms with Crippen LogP contribution in [0.2, 0.25) is 0 Å². The van der Waals surface area contributed by atoms with Crippen molar-refractivity contribution in [3.63, 3.8) is 0 Å². The van der Waals surface area contributed by atoms with Crippen LogP contribution in [0.3, 0.4) is 0 Å². The normalized spacial score (nSPS) is 11.6. The molecule has 0 amide bonds. The highest BCUT2D eigenvalue weighted by atomic mass is 16.5. The highest BCUT2D eigenvalue weighted by Gasteiger charge is 2.16. The van der Waals surface area contributed by atoms with Crippen molar-refractivity contribution in [1.29, 1.82) is 5.26 Å². The minimum Gasteiger partial charge on any atom is -0.382 e. The average molecular weight is 435 g/mol. The fourth-order valence-electron chi connectivity index (χ4n) is 3.20. The number of nitrogens with two attached hydrogens (primary N) is 1. The SMILES string of the molecule is CN=C(NCCCc1nn(-c2ccc(C)cc2)c(N)c1C#N)NCc1cc(C(C)C)no1. The summed E-state index contributed by atoms with van der Waals surface area (Å²) in [6.07, 6.45) is 1.38. The number of nitrogen functional groups attached to an aromatic ring is 1. The van der Waals surface area contributed by atoms with E-state index in [2.05, 4.69) is 45.8 Å². The summed E-state index contributed by atoms with van der Waals surface area (Å²) in [5, 5.41) is 24.7. The van der Waals surface area contributed by atoms with Gasteiger partial charge < -0.3 is 20.9 Å². The molecule has 1 aromatic carbocycles. The van der Waals surface area contributed by atoms with Crippen LogP contribution in [0, 0.1) is 18.3 Å². The second kappa shape index (κ2) is 10.5. The molecule has 0 aliphatic rings. The third-order valence-electron chi connectivity index (χ3n) is 5.09. The number of nitrogens with one attached hydrogen (secondary N) is 2. The van der Waals surface area contributed by atoms with Gasteiger partial charge >= 0.3 is 0 Å². The van der Waals surface area contributed by atoms with Crippen LogP contribution in [0.5, 0.6) is 0 Å². The standard InChI is InChI=1S/C23H30N8O/c1-15(2)21-12-18(32-30-21)14-28-23(26-4)27-11-5-6-20-19(13-24)22(25)31(29-20)17-9-7-16(3)8-10-17/h7-10,12,15H,5-6,11,14,25H2,1-4H3,(H2,26,27,28). The monoisotopic (exact) mass is 434 g/mol. The van der Waals surface area contributed by atoms with E-state index in [9.17, 15) is 5.26 Å². The van der Waals surface area contributed by atoms with Gasteiger partial charge in [0.1, 0.15) is 17.5 Å². The zero-order valence-corrected chi connectivity index (χ0v) is 19.0. The van der Waals surface area contributed by atoms with E-state index in [1.165, 1.54) is 0 Å². The number of hydrogen-bond acceptors (Lipinski definition) is 6. The van der Waals surface area contributed by atoms with Crippen LogP contribution in [0.25, 0.3) is 5.69 Å². The van der Waals surface area contributed by atoms with Gasteiger partial charge in [0.15, 0.2) is 11.7 Å². The average Bonchev–Trinajstić information content (AvgIpc) is 3.38. The van der Waals surface area contributed by atoms with Gasteiger partial charge in [-0.3, -0.25) is 4.99 Å². The van der Waals surface area contributed by atoms with E-state index in [1.807, 2.05) is 37.3 Å². The summed E-state index contributed by atoms with van der Waals surface area (Å²) >= 11 is 0. The lowest BCUT2D eigenvalue weighted by atomic mass is 10.1. The van der Waals surface area contributed by atoms with E-state index in [4.69, 9.17) is 10.3 Å². The highest BCUT2D eigenvalue weighted by Crippen LogP contribution is 2.21. The van der Waals surface area contributed by atoms with Gasteiger partial charge in [-0.15, -0.1) is 0 Å². The molecule has 168 valence electrons. The number of aryl methyl sites for hydroxylation is 2. The van der Waals surface area contributed by atoms with E-state index in [0.717, 1.165) is 29.1 Å². The Morgan fingerprint density at radius 3 is 2.66 bits per heavy atom. The Morgan fingerprint density at radius 1 is 1.28 bits per heavy atom. The number of nitrogens with zero attached hydrogens (tertiary/aromatic N) is 5. The van der Waals surface area contributed by atoms with Crippen LogP contribution in [0.1, 0.15) is 54.5 Å². The fourth-order valence-corrected chi connectivity index (χ4v) is 3.20. The molecule has 9 heteroatoms. The van der Waals surface area contributed by atoms with E-state index in [0.29, 0.717) is 48.5 Å². The van der Waals surface area contributed by atoms with Crippen LogP contribution in [-0.4, -0.2) is 34.5 Å². The topological polar surface area (TPSA) is 130 Å². The van der Waals surface area contributed by atoms with Gasteiger partial charge in [-0.05, 0) is 37.8 Å². The number of anilines is 1. The van der Waals surface area contributed by atoms with Gasteiger partial charge in [0.25, 0.3) is 0 Å². The van der Waals surface area contributed by atoms with Crippen molar-refractivity contribution in [3.05, 3.63) is 58.6 Å². The van der Waals surface area contributed by atoms with Crippen molar-refractivity contribution in [2.24, 2.45) is 4.99 Å². The number of rotatable bonds is 8. The molecule has 2 aromatic heterocycles. The highest BCUT2D eigenvalue weighted by molar-refractivity contribution is 5.79. The number of hydrogen-bond donors (Lipinski definition) is 3. The first-order chi connectivity index (χ1) is 15.4. The number of aliphatic imine (C=N–C) groups is 1. The fraction of sp³-hybridized carbons (Fsp3) is 0.391. The predicted octanol–water partition coefficient (Wildman–Crippen LogP) is 3.04. The van der Waals surface area contributed by atoms with Crippen LogP contribution >= 0.6 is 0 Å². The van der Waals surface area contributed by atoms with E-state index in [1.54, 1.807) is 11.7 Å². The van der Waals surface area contributed by atoms with E-state index in [-0.39, 0.29) is 0 Å². The number of aromatic nitrogens is 3. The third kappa shape index (κ3) is 5.46. The maximum absolute atomic E-state index is 9.56. The molecular weight excluding hydrogens is 404 g/mol. The van der Waals surface area contributed by atoms with Gasteiger partial charge in [-0.2, -0.15) is 10.4 Å². The summed E-state index contributed by atoms with van der Waals surface area (Å²) in [6.45, 7) is 7.33. The molecule has 9 nitrogen and oxygen atoms in total. The molecule has 3 aromatic rings. The molecule has 0 saturated heterocycles. The molecule has 0 spiro atoms. The molecule has 4 N–H and O–H groups in total. The summed E-state index contributed by atoms with van der Waals surface area (Å²) in [4.78, 5) is 4.23. The third-order valence-corrected chi connectivity index (χ3v) is 5.09. The second-order valence-corrected chi connectivity index (χ2v) is 7.89. The molecular formula is C23H30N8O. The van der Waals surface area contributed by atoms with Gasteiger partial charge in [-0.1, -0.05) is 36.7 Å². The molecule has 0 aliphatic carbocycles. The molecule has 32 heavy (non-hydrogen) atoms. The number of guanidine groups is 1. The zero-order chi connectivity index (χ0) is 23.1. The molecule has 0 saturated carbocycles. The first kappa shape index (κ1) is 22.9. The van der Waals surface area contributed by atoms with Gasteiger partial charge in [0, 0.05) is 19.7 Å². The van der Waals surface area contributed by atoms with Crippen molar-refractivity contribution < 1.29 is 4.52 Å². The Bertz CT molecular complexity index is 1100. The molecule has 0 radical (unpaired) electrons. The molecule has 0 unspecified atom stereocenters. The lowest BCUT2D eigenvalue weighted by molar-refractivity contribution is 0.372. The Hall–Kier alpha value is -3.80. The molecule has 3 rings (SSSR count). The number of nitriles is 1. The largest absolute Gasteiger partial charge is 0.382 e.